The fraction of sp³-hybridized carbons (Fsp3) is 0.571. The van der Waals surface area contributed by atoms with Crippen LogP contribution in [0.15, 0.2) is 12.1 Å². The SMILES string of the molecule is COc1c(C(N)C2(C)CC2)ccc(C)c1C. The van der Waals surface area contributed by atoms with Crippen molar-refractivity contribution < 1.29 is 4.74 Å². The highest BCUT2D eigenvalue weighted by molar-refractivity contribution is 5.47. The molecular formula is C14H21NO. The van der Waals surface area contributed by atoms with Gasteiger partial charge in [-0.3, -0.25) is 0 Å². The molecule has 0 amide bonds. The molecule has 1 atom stereocenters. The predicted octanol–water partition coefficient (Wildman–Crippen LogP) is 3.11. The summed E-state index contributed by atoms with van der Waals surface area (Å²) in [5.74, 6) is 0.973. The van der Waals surface area contributed by atoms with Crippen molar-refractivity contribution in [1.82, 2.24) is 0 Å². The molecule has 0 bridgehead atoms. The van der Waals surface area contributed by atoms with E-state index in [1.165, 1.54) is 24.0 Å². The minimum atomic E-state index is 0.0988. The Morgan fingerprint density at radius 3 is 2.44 bits per heavy atom. The Kier molecular flexibility index (Phi) is 2.70. The van der Waals surface area contributed by atoms with Gasteiger partial charge in [-0.1, -0.05) is 19.1 Å². The number of benzene rings is 1. The van der Waals surface area contributed by atoms with E-state index in [0.717, 1.165) is 11.3 Å². The van der Waals surface area contributed by atoms with E-state index < -0.39 is 0 Å². The molecule has 0 heterocycles. The molecule has 0 radical (unpaired) electrons. The van der Waals surface area contributed by atoms with Gasteiger partial charge in [-0.15, -0.1) is 0 Å². The van der Waals surface area contributed by atoms with Crippen LogP contribution in [-0.4, -0.2) is 7.11 Å². The molecule has 0 aromatic heterocycles. The minimum absolute atomic E-state index is 0.0988. The molecule has 2 N–H and O–H groups in total. The lowest BCUT2D eigenvalue weighted by Gasteiger charge is -2.23. The summed E-state index contributed by atoms with van der Waals surface area (Å²) >= 11 is 0. The molecule has 2 rings (SSSR count). The van der Waals surface area contributed by atoms with Crippen LogP contribution in [0, 0.1) is 19.3 Å². The molecule has 0 aliphatic heterocycles. The van der Waals surface area contributed by atoms with Crippen LogP contribution in [0.1, 0.15) is 42.5 Å². The Morgan fingerprint density at radius 2 is 1.94 bits per heavy atom. The summed E-state index contributed by atoms with van der Waals surface area (Å²) in [6.45, 7) is 6.46. The van der Waals surface area contributed by atoms with Crippen molar-refractivity contribution in [2.45, 2.75) is 39.7 Å². The van der Waals surface area contributed by atoms with E-state index in [9.17, 15) is 0 Å². The minimum Gasteiger partial charge on any atom is -0.496 e. The van der Waals surface area contributed by atoms with Gasteiger partial charge in [-0.2, -0.15) is 0 Å². The molecular weight excluding hydrogens is 198 g/mol. The van der Waals surface area contributed by atoms with Crippen molar-refractivity contribution in [3.8, 4) is 5.75 Å². The maximum absolute atomic E-state index is 6.35. The van der Waals surface area contributed by atoms with Crippen molar-refractivity contribution in [3.05, 3.63) is 28.8 Å². The number of methoxy groups -OCH3 is 1. The van der Waals surface area contributed by atoms with Gasteiger partial charge in [-0.05, 0) is 43.2 Å². The zero-order valence-corrected chi connectivity index (χ0v) is 10.6. The third kappa shape index (κ3) is 1.71. The Hall–Kier alpha value is -1.02. The van der Waals surface area contributed by atoms with Gasteiger partial charge in [-0.25, -0.2) is 0 Å². The third-order valence-electron chi connectivity index (χ3n) is 4.04. The first-order chi connectivity index (χ1) is 7.49. The highest BCUT2D eigenvalue weighted by atomic mass is 16.5. The summed E-state index contributed by atoms with van der Waals surface area (Å²) in [5.41, 5.74) is 10.3. The Balaban J connectivity index is 2.44. The van der Waals surface area contributed by atoms with Crippen molar-refractivity contribution in [2.24, 2.45) is 11.1 Å². The monoisotopic (exact) mass is 219 g/mol. The van der Waals surface area contributed by atoms with E-state index in [2.05, 4.69) is 32.9 Å². The summed E-state index contributed by atoms with van der Waals surface area (Å²) in [6.07, 6.45) is 2.45. The first-order valence-electron chi connectivity index (χ1n) is 5.89. The van der Waals surface area contributed by atoms with E-state index in [1.807, 2.05) is 0 Å². The predicted molar refractivity (Wildman–Crippen MR) is 66.7 cm³/mol. The van der Waals surface area contributed by atoms with E-state index in [0.29, 0.717) is 0 Å². The molecule has 1 aliphatic carbocycles. The standard InChI is InChI=1S/C14H21NO/c1-9-5-6-11(12(16-4)10(9)2)13(15)14(3)7-8-14/h5-6,13H,7-8,15H2,1-4H3. The van der Waals surface area contributed by atoms with Crippen LogP contribution in [0.25, 0.3) is 0 Å². The lowest BCUT2D eigenvalue weighted by molar-refractivity contribution is 0.382. The summed E-state index contributed by atoms with van der Waals surface area (Å²) in [5, 5.41) is 0. The number of nitrogens with two attached hydrogens (primary N) is 1. The van der Waals surface area contributed by atoms with Crippen molar-refractivity contribution >= 4 is 0 Å². The van der Waals surface area contributed by atoms with Crippen molar-refractivity contribution in [1.29, 1.82) is 0 Å². The first-order valence-corrected chi connectivity index (χ1v) is 5.89. The molecule has 2 heteroatoms. The molecule has 88 valence electrons. The van der Waals surface area contributed by atoms with Crippen LogP contribution in [0.2, 0.25) is 0 Å². The summed E-state index contributed by atoms with van der Waals surface area (Å²) < 4.78 is 5.52. The second kappa shape index (κ2) is 3.77. The fourth-order valence-corrected chi connectivity index (χ4v) is 2.21. The molecule has 1 aliphatic rings. The number of rotatable bonds is 3. The van der Waals surface area contributed by atoms with Crippen LogP contribution >= 0.6 is 0 Å². The molecule has 0 spiro atoms. The molecule has 1 aromatic carbocycles. The fourth-order valence-electron chi connectivity index (χ4n) is 2.21. The Bertz CT molecular complexity index is 407. The van der Waals surface area contributed by atoms with Crippen LogP contribution in [-0.2, 0) is 0 Å². The quantitative estimate of drug-likeness (QED) is 0.847. The zero-order chi connectivity index (χ0) is 11.9. The van der Waals surface area contributed by atoms with Gasteiger partial charge in [0.05, 0.1) is 7.11 Å². The van der Waals surface area contributed by atoms with Crippen molar-refractivity contribution in [2.75, 3.05) is 7.11 Å². The number of aryl methyl sites for hydroxylation is 1. The van der Waals surface area contributed by atoms with E-state index in [4.69, 9.17) is 10.5 Å². The van der Waals surface area contributed by atoms with Crippen LogP contribution < -0.4 is 10.5 Å². The highest BCUT2D eigenvalue weighted by Gasteiger charge is 2.44. The van der Waals surface area contributed by atoms with Gasteiger partial charge in [0.2, 0.25) is 0 Å². The molecule has 1 aromatic rings. The first kappa shape index (κ1) is 11.5. The van der Waals surface area contributed by atoms with Gasteiger partial charge in [0, 0.05) is 11.6 Å². The smallest absolute Gasteiger partial charge is 0.126 e. The van der Waals surface area contributed by atoms with Crippen LogP contribution in [0.3, 0.4) is 0 Å². The van der Waals surface area contributed by atoms with Gasteiger partial charge in [0.1, 0.15) is 5.75 Å². The molecule has 16 heavy (non-hydrogen) atoms. The van der Waals surface area contributed by atoms with Crippen LogP contribution in [0.5, 0.6) is 5.75 Å². The molecule has 1 saturated carbocycles. The lowest BCUT2D eigenvalue weighted by Crippen LogP contribution is -2.21. The molecule has 2 nitrogen and oxygen atoms in total. The van der Waals surface area contributed by atoms with E-state index in [1.54, 1.807) is 7.11 Å². The summed E-state index contributed by atoms with van der Waals surface area (Å²) in [7, 11) is 1.73. The number of ether oxygens (including phenoxy) is 1. The summed E-state index contributed by atoms with van der Waals surface area (Å²) in [6, 6.07) is 4.36. The Labute approximate surface area is 97.8 Å². The molecule has 1 unspecified atom stereocenters. The number of hydrogen-bond acceptors (Lipinski definition) is 2. The average molecular weight is 219 g/mol. The maximum Gasteiger partial charge on any atom is 0.126 e. The van der Waals surface area contributed by atoms with Crippen LogP contribution in [0.4, 0.5) is 0 Å². The molecule has 0 saturated heterocycles. The van der Waals surface area contributed by atoms with Gasteiger partial charge < -0.3 is 10.5 Å². The number of hydrogen-bond donors (Lipinski definition) is 1. The maximum atomic E-state index is 6.35. The average Bonchev–Trinajstić information content (AvgIpc) is 3.00. The highest BCUT2D eigenvalue weighted by Crippen LogP contribution is 2.54. The van der Waals surface area contributed by atoms with Crippen molar-refractivity contribution in [3.63, 3.8) is 0 Å². The zero-order valence-electron chi connectivity index (χ0n) is 10.6. The lowest BCUT2D eigenvalue weighted by atomic mass is 9.90. The normalized spacial score (nSPS) is 19.3. The van der Waals surface area contributed by atoms with Gasteiger partial charge in [0.15, 0.2) is 0 Å². The Morgan fingerprint density at radius 1 is 1.31 bits per heavy atom. The second-order valence-electron chi connectivity index (χ2n) is 5.26. The topological polar surface area (TPSA) is 35.2 Å². The second-order valence-corrected chi connectivity index (χ2v) is 5.26. The van der Waals surface area contributed by atoms with E-state index in [-0.39, 0.29) is 11.5 Å². The molecule has 1 fully saturated rings. The van der Waals surface area contributed by atoms with Gasteiger partial charge in [0.25, 0.3) is 0 Å². The summed E-state index contributed by atoms with van der Waals surface area (Å²) in [4.78, 5) is 0. The van der Waals surface area contributed by atoms with E-state index >= 15 is 0 Å². The third-order valence-corrected chi connectivity index (χ3v) is 4.04. The largest absolute Gasteiger partial charge is 0.496 e. The van der Waals surface area contributed by atoms with Gasteiger partial charge >= 0.3 is 0 Å².